The summed E-state index contributed by atoms with van der Waals surface area (Å²) in [4.78, 5) is 27.5. The van der Waals surface area contributed by atoms with E-state index in [9.17, 15) is 9.59 Å². The number of amides is 2. The quantitative estimate of drug-likeness (QED) is 0.707. The molecule has 0 aromatic carbocycles. The van der Waals surface area contributed by atoms with Crippen LogP contribution in [-0.2, 0) is 4.74 Å². The summed E-state index contributed by atoms with van der Waals surface area (Å²) >= 11 is 1.29. The largest absolute Gasteiger partial charge is 0.459 e. The molecule has 3 rings (SSSR count). The summed E-state index contributed by atoms with van der Waals surface area (Å²) in [5.74, 6) is -0.0715. The van der Waals surface area contributed by atoms with Crippen LogP contribution >= 0.6 is 11.3 Å². The molecular weight excluding hydrogens is 366 g/mol. The second kappa shape index (κ2) is 9.16. The number of aryl methyl sites for hydroxylation is 1. The molecule has 0 atom stereocenters. The average molecular weight is 391 g/mol. The van der Waals surface area contributed by atoms with Gasteiger partial charge in [0.1, 0.15) is 0 Å². The van der Waals surface area contributed by atoms with E-state index in [1.165, 1.54) is 17.6 Å². The highest BCUT2D eigenvalue weighted by Crippen LogP contribution is 2.29. The number of carbonyl (C=O) groups is 2. The van der Waals surface area contributed by atoms with E-state index in [2.05, 4.69) is 5.32 Å². The lowest BCUT2D eigenvalue weighted by molar-refractivity contribution is 0.00856. The lowest BCUT2D eigenvalue weighted by atomic mass is 10.1. The van der Waals surface area contributed by atoms with E-state index >= 15 is 0 Å². The summed E-state index contributed by atoms with van der Waals surface area (Å²) in [5.41, 5.74) is 6.34. The van der Waals surface area contributed by atoms with Crippen LogP contribution in [0.3, 0.4) is 0 Å². The highest BCUT2D eigenvalue weighted by atomic mass is 32.1. The van der Waals surface area contributed by atoms with Crippen molar-refractivity contribution >= 4 is 28.2 Å². The topological polar surface area (TPSA) is 97.8 Å². The monoisotopic (exact) mass is 391 g/mol. The van der Waals surface area contributed by atoms with Crippen molar-refractivity contribution in [3.63, 3.8) is 0 Å². The summed E-state index contributed by atoms with van der Waals surface area (Å²) in [6, 6.07) is 5.08. The third-order valence-electron chi connectivity index (χ3n) is 4.52. The number of nitrogens with one attached hydrogen (secondary N) is 1. The molecule has 2 amide bonds. The van der Waals surface area contributed by atoms with Gasteiger partial charge in [-0.1, -0.05) is 0 Å². The first-order valence-electron chi connectivity index (χ1n) is 9.14. The van der Waals surface area contributed by atoms with E-state index < -0.39 is 0 Å². The van der Waals surface area contributed by atoms with Gasteiger partial charge in [-0.2, -0.15) is 0 Å². The minimum absolute atomic E-state index is 0.0106. The minimum Gasteiger partial charge on any atom is -0.459 e. The maximum absolute atomic E-state index is 12.9. The zero-order chi connectivity index (χ0) is 19.2. The Morgan fingerprint density at radius 2 is 2.19 bits per heavy atom. The molecule has 3 heterocycles. The van der Waals surface area contributed by atoms with Crippen LogP contribution in [0.4, 0.5) is 5.00 Å². The van der Waals surface area contributed by atoms with Gasteiger partial charge in [-0.15, -0.1) is 11.3 Å². The molecule has 0 unspecified atom stereocenters. The van der Waals surface area contributed by atoms with Crippen LogP contribution in [0.5, 0.6) is 0 Å². The molecule has 0 radical (unpaired) electrons. The summed E-state index contributed by atoms with van der Waals surface area (Å²) < 4.78 is 10.9. The summed E-state index contributed by atoms with van der Waals surface area (Å²) in [6.07, 6.45) is 4.19. The number of anilines is 1. The Kier molecular flexibility index (Phi) is 6.65. The molecule has 146 valence electrons. The van der Waals surface area contributed by atoms with Gasteiger partial charge in [-0.3, -0.25) is 9.59 Å². The third-order valence-corrected chi connectivity index (χ3v) is 5.67. The molecule has 0 aliphatic carbocycles. The molecule has 0 bridgehead atoms. The first-order valence-corrected chi connectivity index (χ1v) is 9.96. The van der Waals surface area contributed by atoms with Crippen molar-refractivity contribution < 1.29 is 18.7 Å². The Balaban J connectivity index is 1.56. The highest BCUT2D eigenvalue weighted by molar-refractivity contribution is 7.18. The molecule has 1 aliphatic heterocycles. The molecule has 0 saturated carbocycles. The molecule has 2 aromatic rings. The Morgan fingerprint density at radius 1 is 1.41 bits per heavy atom. The van der Waals surface area contributed by atoms with E-state index in [4.69, 9.17) is 14.9 Å². The second-order valence-electron chi connectivity index (χ2n) is 6.56. The van der Waals surface area contributed by atoms with E-state index in [1.807, 2.05) is 17.9 Å². The van der Waals surface area contributed by atoms with Crippen molar-refractivity contribution in [2.45, 2.75) is 32.3 Å². The Morgan fingerprint density at radius 3 is 2.85 bits per heavy atom. The number of piperidine rings is 1. The first-order chi connectivity index (χ1) is 13.1. The summed E-state index contributed by atoms with van der Waals surface area (Å²) in [5, 5.41) is 3.42. The smallest absolute Gasteiger partial charge is 0.291 e. The van der Waals surface area contributed by atoms with Crippen molar-refractivity contribution in [2.75, 3.05) is 31.6 Å². The standard InChI is InChI=1S/C19H25N3O4S/c1-13-12-16(21-18(23)15-4-2-10-26-15)27-17(13)19(24)22-8-5-14(6-9-22)25-11-3-7-20/h2,4,10,12,14H,3,5-9,11,20H2,1H3,(H,21,23). The van der Waals surface area contributed by atoms with Crippen LogP contribution in [0.1, 0.15) is 45.1 Å². The van der Waals surface area contributed by atoms with Gasteiger partial charge in [-0.05, 0) is 56.5 Å². The van der Waals surface area contributed by atoms with Crippen molar-refractivity contribution in [3.8, 4) is 0 Å². The number of furan rings is 1. The van der Waals surface area contributed by atoms with E-state index in [0.717, 1.165) is 24.8 Å². The van der Waals surface area contributed by atoms with Gasteiger partial charge in [0, 0.05) is 19.7 Å². The van der Waals surface area contributed by atoms with Crippen LogP contribution in [0.2, 0.25) is 0 Å². The Hall–Kier alpha value is -2.16. The lowest BCUT2D eigenvalue weighted by Gasteiger charge is -2.31. The molecule has 27 heavy (non-hydrogen) atoms. The molecule has 1 fully saturated rings. The lowest BCUT2D eigenvalue weighted by Crippen LogP contribution is -2.41. The van der Waals surface area contributed by atoms with E-state index in [0.29, 0.717) is 36.1 Å². The zero-order valence-electron chi connectivity index (χ0n) is 15.4. The number of ether oxygens (including phenoxy) is 1. The fraction of sp³-hybridized carbons (Fsp3) is 0.474. The third kappa shape index (κ3) is 4.97. The summed E-state index contributed by atoms with van der Waals surface area (Å²) in [7, 11) is 0. The van der Waals surface area contributed by atoms with E-state index in [-0.39, 0.29) is 23.7 Å². The number of thiophene rings is 1. The molecule has 2 aromatic heterocycles. The predicted octanol–water partition coefficient (Wildman–Crippen LogP) is 2.87. The number of nitrogens with zero attached hydrogens (tertiary/aromatic N) is 1. The maximum Gasteiger partial charge on any atom is 0.291 e. The minimum atomic E-state index is -0.323. The zero-order valence-corrected chi connectivity index (χ0v) is 16.2. The molecular formula is C19H25N3O4S. The highest BCUT2D eigenvalue weighted by Gasteiger charge is 2.26. The van der Waals surface area contributed by atoms with E-state index in [1.54, 1.807) is 12.1 Å². The van der Waals surface area contributed by atoms with Crippen molar-refractivity contribution in [1.82, 2.24) is 4.90 Å². The second-order valence-corrected chi connectivity index (χ2v) is 7.61. The number of hydrogen-bond donors (Lipinski definition) is 2. The molecule has 3 N–H and O–H groups in total. The van der Waals surface area contributed by atoms with Gasteiger partial charge < -0.3 is 25.1 Å². The fourth-order valence-electron chi connectivity index (χ4n) is 3.04. The van der Waals surface area contributed by atoms with Gasteiger partial charge >= 0.3 is 0 Å². The van der Waals surface area contributed by atoms with Crippen LogP contribution in [0.15, 0.2) is 28.9 Å². The average Bonchev–Trinajstić information content (AvgIpc) is 3.32. The Bertz CT molecular complexity index is 764. The van der Waals surface area contributed by atoms with Gasteiger partial charge in [0.25, 0.3) is 11.8 Å². The van der Waals surface area contributed by atoms with Gasteiger partial charge in [0.15, 0.2) is 5.76 Å². The number of hydrogen-bond acceptors (Lipinski definition) is 6. The van der Waals surface area contributed by atoms with Crippen molar-refractivity contribution in [3.05, 3.63) is 40.7 Å². The molecule has 0 spiro atoms. The normalized spacial score (nSPS) is 15.1. The van der Waals surface area contributed by atoms with Gasteiger partial charge in [0.2, 0.25) is 0 Å². The number of likely N-dealkylation sites (tertiary alicyclic amines) is 1. The molecule has 1 saturated heterocycles. The fourth-order valence-corrected chi connectivity index (χ4v) is 4.08. The van der Waals surface area contributed by atoms with Gasteiger partial charge in [-0.25, -0.2) is 0 Å². The molecule has 7 nitrogen and oxygen atoms in total. The van der Waals surface area contributed by atoms with Gasteiger partial charge in [0.05, 0.1) is 22.2 Å². The van der Waals surface area contributed by atoms with Crippen molar-refractivity contribution in [2.24, 2.45) is 5.73 Å². The molecule has 1 aliphatic rings. The number of rotatable bonds is 7. The van der Waals surface area contributed by atoms with Crippen LogP contribution in [-0.4, -0.2) is 49.1 Å². The molecule has 8 heteroatoms. The Labute approximate surface area is 162 Å². The van der Waals surface area contributed by atoms with Crippen LogP contribution in [0.25, 0.3) is 0 Å². The SMILES string of the molecule is Cc1cc(NC(=O)c2ccco2)sc1C(=O)N1CCC(OCCCN)CC1. The predicted molar refractivity (Wildman–Crippen MR) is 104 cm³/mol. The summed E-state index contributed by atoms with van der Waals surface area (Å²) in [6.45, 7) is 4.55. The number of nitrogens with two attached hydrogens (primary N) is 1. The van der Waals surface area contributed by atoms with Crippen LogP contribution in [0, 0.1) is 6.92 Å². The van der Waals surface area contributed by atoms with Crippen LogP contribution < -0.4 is 11.1 Å². The van der Waals surface area contributed by atoms with Crippen molar-refractivity contribution in [1.29, 1.82) is 0 Å². The number of carbonyl (C=O) groups excluding carboxylic acids is 2. The first kappa shape index (κ1) is 19.6. The maximum atomic E-state index is 12.9.